The van der Waals surface area contributed by atoms with Gasteiger partial charge in [-0.3, -0.25) is 14.5 Å². The summed E-state index contributed by atoms with van der Waals surface area (Å²) in [6.45, 7) is 8.10. The highest BCUT2D eigenvalue weighted by molar-refractivity contribution is 5.78. The lowest BCUT2D eigenvalue weighted by Crippen LogP contribution is -2.50. The minimum absolute atomic E-state index is 0.413. The summed E-state index contributed by atoms with van der Waals surface area (Å²) < 4.78 is 1.92. The Morgan fingerprint density at radius 2 is 2.00 bits per heavy atom. The third-order valence-corrected chi connectivity index (χ3v) is 4.04. The summed E-state index contributed by atoms with van der Waals surface area (Å²) in [4.78, 5) is 20.3. The van der Waals surface area contributed by atoms with Crippen LogP contribution in [0.5, 0.6) is 0 Å². The third kappa shape index (κ3) is 2.90. The first-order chi connectivity index (χ1) is 9.91. The molecule has 0 aromatic carbocycles. The first kappa shape index (κ1) is 15.4. The van der Waals surface area contributed by atoms with E-state index >= 15 is 0 Å². The van der Waals surface area contributed by atoms with Crippen LogP contribution >= 0.6 is 0 Å². The van der Waals surface area contributed by atoms with Crippen molar-refractivity contribution in [3.8, 4) is 0 Å². The average Bonchev–Trinajstić information content (AvgIpc) is 2.83. The number of nitrogens with zero attached hydrogens (tertiary/aromatic N) is 3. The predicted molar refractivity (Wildman–Crippen MR) is 80.2 cm³/mol. The van der Waals surface area contributed by atoms with Gasteiger partial charge >= 0.3 is 5.97 Å². The van der Waals surface area contributed by atoms with Crippen LogP contribution < -0.4 is 5.32 Å². The second-order valence-corrected chi connectivity index (χ2v) is 5.39. The molecule has 0 aliphatic carbocycles. The van der Waals surface area contributed by atoms with Crippen LogP contribution in [0.4, 0.5) is 0 Å². The molecule has 2 N–H and O–H groups in total. The maximum Gasteiger partial charge on any atom is 0.323 e. The Balaban J connectivity index is 2.24. The molecule has 6 heteroatoms. The summed E-state index contributed by atoms with van der Waals surface area (Å²) in [6, 6.07) is 1.99. The van der Waals surface area contributed by atoms with Crippen LogP contribution in [-0.2, 0) is 11.3 Å². The van der Waals surface area contributed by atoms with E-state index in [1.54, 1.807) is 0 Å². The van der Waals surface area contributed by atoms with Crippen molar-refractivity contribution in [3.63, 3.8) is 0 Å². The van der Waals surface area contributed by atoms with Crippen LogP contribution in [-0.4, -0.2) is 31.0 Å². The number of aromatic nitrogens is 3. The van der Waals surface area contributed by atoms with Gasteiger partial charge in [-0.1, -0.05) is 13.8 Å². The van der Waals surface area contributed by atoms with Crippen molar-refractivity contribution in [1.29, 1.82) is 0 Å². The van der Waals surface area contributed by atoms with Crippen LogP contribution in [0.3, 0.4) is 0 Å². The Bertz CT molecular complexity index is 659. The molecule has 0 spiro atoms. The van der Waals surface area contributed by atoms with Crippen molar-refractivity contribution in [3.05, 3.63) is 29.3 Å². The van der Waals surface area contributed by atoms with E-state index in [1.165, 1.54) is 0 Å². The number of carbonyl (C=O) groups is 1. The van der Waals surface area contributed by atoms with Gasteiger partial charge in [-0.2, -0.15) is 0 Å². The largest absolute Gasteiger partial charge is 0.480 e. The van der Waals surface area contributed by atoms with Crippen LogP contribution in [0.2, 0.25) is 0 Å². The van der Waals surface area contributed by atoms with Gasteiger partial charge in [-0.15, -0.1) is 0 Å². The molecule has 0 aliphatic heterocycles. The van der Waals surface area contributed by atoms with Crippen molar-refractivity contribution >= 4 is 11.7 Å². The van der Waals surface area contributed by atoms with Gasteiger partial charge in [-0.05, 0) is 32.8 Å². The fourth-order valence-corrected chi connectivity index (χ4v) is 2.54. The smallest absolute Gasteiger partial charge is 0.323 e. The fraction of sp³-hybridized carbons (Fsp3) is 0.533. The summed E-state index contributed by atoms with van der Waals surface area (Å²) in [5, 5.41) is 12.6. The number of imidazole rings is 1. The third-order valence-electron chi connectivity index (χ3n) is 4.04. The topological polar surface area (TPSA) is 79.5 Å². The molecule has 114 valence electrons. The number of rotatable bonds is 6. The highest BCUT2D eigenvalue weighted by Gasteiger charge is 2.34. The first-order valence-electron chi connectivity index (χ1n) is 7.22. The molecule has 0 saturated heterocycles. The molecular formula is C15H22N4O2. The van der Waals surface area contributed by atoms with E-state index in [9.17, 15) is 9.90 Å². The summed E-state index contributed by atoms with van der Waals surface area (Å²) >= 11 is 0. The van der Waals surface area contributed by atoms with E-state index in [1.807, 2.05) is 44.4 Å². The van der Waals surface area contributed by atoms with Crippen molar-refractivity contribution in [1.82, 2.24) is 19.7 Å². The van der Waals surface area contributed by atoms with Crippen LogP contribution in [0.15, 0.2) is 12.3 Å². The van der Waals surface area contributed by atoms with Gasteiger partial charge in [0.1, 0.15) is 5.54 Å². The average molecular weight is 290 g/mol. The highest BCUT2D eigenvalue weighted by Crippen LogP contribution is 2.17. The van der Waals surface area contributed by atoms with Crippen molar-refractivity contribution in [2.75, 3.05) is 0 Å². The minimum atomic E-state index is -0.895. The van der Waals surface area contributed by atoms with Gasteiger partial charge in [0.05, 0.1) is 5.69 Å². The number of hydrogen-bond acceptors (Lipinski definition) is 4. The zero-order valence-electron chi connectivity index (χ0n) is 13.0. The van der Waals surface area contributed by atoms with Gasteiger partial charge in [-0.25, -0.2) is 9.97 Å². The SMILES string of the molecule is CCC(CC)(NCc1cn2c(C)cc(C)nc2n1)C(=O)O. The van der Waals surface area contributed by atoms with Gasteiger partial charge < -0.3 is 5.11 Å². The van der Waals surface area contributed by atoms with E-state index < -0.39 is 11.5 Å². The Morgan fingerprint density at radius 3 is 2.57 bits per heavy atom. The minimum Gasteiger partial charge on any atom is -0.480 e. The molecule has 2 rings (SSSR count). The predicted octanol–water partition coefficient (Wildman–Crippen LogP) is 2.08. The summed E-state index contributed by atoms with van der Waals surface area (Å²) in [7, 11) is 0. The molecule has 2 aromatic heterocycles. The molecule has 0 radical (unpaired) electrons. The number of nitrogens with one attached hydrogen (secondary N) is 1. The lowest BCUT2D eigenvalue weighted by molar-refractivity contribution is -0.145. The standard InChI is InChI=1S/C15H22N4O2/c1-5-15(6-2,13(20)21)16-8-12-9-19-11(4)7-10(3)17-14(19)18-12/h7,9,16H,5-6,8H2,1-4H3,(H,20,21). The highest BCUT2D eigenvalue weighted by atomic mass is 16.4. The molecule has 0 unspecified atom stereocenters. The molecule has 0 saturated carbocycles. The Hall–Kier alpha value is -1.95. The number of aliphatic carboxylic acids is 1. The van der Waals surface area contributed by atoms with Gasteiger partial charge in [0, 0.05) is 24.1 Å². The van der Waals surface area contributed by atoms with Crippen LogP contribution in [0, 0.1) is 13.8 Å². The van der Waals surface area contributed by atoms with Crippen LogP contribution in [0.1, 0.15) is 43.8 Å². The normalized spacial score (nSPS) is 12.0. The molecule has 0 amide bonds. The Morgan fingerprint density at radius 1 is 1.33 bits per heavy atom. The lowest BCUT2D eigenvalue weighted by Gasteiger charge is -2.27. The first-order valence-corrected chi connectivity index (χ1v) is 7.22. The van der Waals surface area contributed by atoms with Gasteiger partial charge in [0.15, 0.2) is 0 Å². The second kappa shape index (κ2) is 5.81. The summed E-state index contributed by atoms with van der Waals surface area (Å²) in [6.07, 6.45) is 2.97. The zero-order chi connectivity index (χ0) is 15.6. The summed E-state index contributed by atoms with van der Waals surface area (Å²) in [5.74, 6) is -0.167. The number of aryl methyl sites for hydroxylation is 2. The molecule has 2 heterocycles. The van der Waals surface area contributed by atoms with Crippen molar-refractivity contribution in [2.45, 2.75) is 52.6 Å². The van der Waals surface area contributed by atoms with E-state index in [-0.39, 0.29) is 0 Å². The van der Waals surface area contributed by atoms with Crippen molar-refractivity contribution < 1.29 is 9.90 Å². The Kier molecular flexibility index (Phi) is 4.27. The molecular weight excluding hydrogens is 268 g/mol. The van der Waals surface area contributed by atoms with E-state index in [0.29, 0.717) is 25.2 Å². The quantitative estimate of drug-likeness (QED) is 0.851. The molecule has 0 bridgehead atoms. The van der Waals surface area contributed by atoms with Crippen molar-refractivity contribution in [2.24, 2.45) is 0 Å². The molecule has 0 fully saturated rings. The Labute approximate surface area is 124 Å². The lowest BCUT2D eigenvalue weighted by atomic mass is 9.93. The number of fused-ring (bicyclic) bond motifs is 1. The molecule has 21 heavy (non-hydrogen) atoms. The van der Waals surface area contributed by atoms with E-state index in [2.05, 4.69) is 15.3 Å². The number of hydrogen-bond donors (Lipinski definition) is 2. The van der Waals surface area contributed by atoms with Crippen LogP contribution in [0.25, 0.3) is 5.78 Å². The summed E-state index contributed by atoms with van der Waals surface area (Å²) in [5.41, 5.74) is 1.89. The maximum atomic E-state index is 11.5. The number of carboxylic acid groups (broad SMARTS) is 1. The second-order valence-electron chi connectivity index (χ2n) is 5.39. The monoisotopic (exact) mass is 290 g/mol. The van der Waals surface area contributed by atoms with Gasteiger partial charge in [0.2, 0.25) is 5.78 Å². The molecule has 0 aliphatic rings. The zero-order valence-corrected chi connectivity index (χ0v) is 13.0. The van der Waals surface area contributed by atoms with E-state index in [0.717, 1.165) is 17.1 Å². The maximum absolute atomic E-state index is 11.5. The van der Waals surface area contributed by atoms with E-state index in [4.69, 9.17) is 0 Å². The molecule has 2 aromatic rings. The molecule has 6 nitrogen and oxygen atoms in total. The fourth-order valence-electron chi connectivity index (χ4n) is 2.54. The molecule has 0 atom stereocenters. The number of carboxylic acids is 1. The van der Waals surface area contributed by atoms with Gasteiger partial charge in [0.25, 0.3) is 0 Å².